The van der Waals surface area contributed by atoms with Crippen LogP contribution in [0.15, 0.2) is 96.2 Å². The minimum Gasteiger partial charge on any atom is -0.0623 e. The molecule has 0 unspecified atom stereocenters. The summed E-state index contributed by atoms with van der Waals surface area (Å²) in [6.45, 7) is 0. The van der Waals surface area contributed by atoms with Gasteiger partial charge < -0.3 is 0 Å². The van der Waals surface area contributed by atoms with Crippen molar-refractivity contribution in [1.82, 2.24) is 0 Å². The van der Waals surface area contributed by atoms with Crippen LogP contribution in [0.1, 0.15) is 19.3 Å². The van der Waals surface area contributed by atoms with E-state index in [1.807, 2.05) is 12.2 Å². The van der Waals surface area contributed by atoms with E-state index in [-0.39, 0.29) is 0 Å². The van der Waals surface area contributed by atoms with Gasteiger partial charge in [-0.05, 0) is 30.4 Å². The molecule has 0 aromatic heterocycles. The van der Waals surface area contributed by atoms with Gasteiger partial charge in [0, 0.05) is 0 Å². The lowest BCUT2D eigenvalue weighted by Crippen LogP contribution is -1.85. The van der Waals surface area contributed by atoms with Crippen molar-refractivity contribution in [1.29, 1.82) is 0 Å². The SMILES string of the molecule is C1=CC=CC(CCCC2=CC=CC=CC=C2)=CC=C1. The van der Waals surface area contributed by atoms with Crippen LogP contribution in [-0.4, -0.2) is 0 Å². The van der Waals surface area contributed by atoms with Gasteiger partial charge in [0.25, 0.3) is 0 Å². The van der Waals surface area contributed by atoms with Gasteiger partial charge in [-0.25, -0.2) is 0 Å². The van der Waals surface area contributed by atoms with Crippen molar-refractivity contribution in [2.24, 2.45) is 0 Å². The first kappa shape index (κ1) is 13.4. The van der Waals surface area contributed by atoms with Crippen LogP contribution in [0.4, 0.5) is 0 Å². The Labute approximate surface area is 116 Å². The van der Waals surface area contributed by atoms with E-state index in [9.17, 15) is 0 Å². The summed E-state index contributed by atoms with van der Waals surface area (Å²) in [6.07, 6.45) is 33.0. The molecule has 2 rings (SSSR count). The van der Waals surface area contributed by atoms with Gasteiger partial charge in [0.2, 0.25) is 0 Å². The van der Waals surface area contributed by atoms with Crippen LogP contribution in [-0.2, 0) is 0 Å². The fourth-order valence-corrected chi connectivity index (χ4v) is 2.04. The number of rotatable bonds is 4. The fourth-order valence-electron chi connectivity index (χ4n) is 2.04. The van der Waals surface area contributed by atoms with Crippen molar-refractivity contribution in [2.45, 2.75) is 19.3 Å². The van der Waals surface area contributed by atoms with Gasteiger partial charge in [0.05, 0.1) is 0 Å². The molecule has 0 atom stereocenters. The lowest BCUT2D eigenvalue weighted by atomic mass is 10.0. The Morgan fingerprint density at radius 2 is 0.895 bits per heavy atom. The second-order valence-corrected chi connectivity index (χ2v) is 4.59. The highest BCUT2D eigenvalue weighted by atomic mass is 14.0. The Kier molecular flexibility index (Phi) is 5.69. The minimum atomic E-state index is 1.12. The van der Waals surface area contributed by atoms with Crippen molar-refractivity contribution >= 4 is 0 Å². The van der Waals surface area contributed by atoms with E-state index < -0.39 is 0 Å². The standard InChI is InChI=1S/C19H20/c1-3-7-12-18(13-8-4-1)16-11-17-19-14-9-5-2-6-10-15-19/h1-10,12-15H,11,16-17H2. The van der Waals surface area contributed by atoms with Crippen molar-refractivity contribution in [3.63, 3.8) is 0 Å². The average molecular weight is 248 g/mol. The molecule has 0 aromatic rings. The van der Waals surface area contributed by atoms with Crippen LogP contribution in [0, 0.1) is 0 Å². The molecule has 2 aliphatic rings. The lowest BCUT2D eigenvalue weighted by Gasteiger charge is -2.04. The van der Waals surface area contributed by atoms with Crippen molar-refractivity contribution in [3.8, 4) is 0 Å². The van der Waals surface area contributed by atoms with E-state index in [0.717, 1.165) is 12.8 Å². The molecule has 0 heterocycles. The van der Waals surface area contributed by atoms with Gasteiger partial charge >= 0.3 is 0 Å². The predicted octanol–water partition coefficient (Wildman–Crippen LogP) is 5.37. The second-order valence-electron chi connectivity index (χ2n) is 4.59. The highest BCUT2D eigenvalue weighted by molar-refractivity contribution is 5.32. The van der Waals surface area contributed by atoms with E-state index in [2.05, 4.69) is 72.9 Å². The number of allylic oxidation sites excluding steroid dienone is 16. The van der Waals surface area contributed by atoms with Gasteiger partial charge in [0.15, 0.2) is 0 Å². The Hall–Kier alpha value is -2.08. The van der Waals surface area contributed by atoms with Crippen molar-refractivity contribution in [2.75, 3.05) is 0 Å². The van der Waals surface area contributed by atoms with Gasteiger partial charge in [-0.3, -0.25) is 0 Å². The normalized spacial score (nSPS) is 17.5. The maximum Gasteiger partial charge on any atom is -0.0276 e. The molecule has 0 radical (unpaired) electrons. The first-order valence-corrected chi connectivity index (χ1v) is 6.86. The molecule has 0 heteroatoms. The first-order chi connectivity index (χ1) is 9.45. The fraction of sp³-hybridized carbons (Fsp3) is 0.158. The molecule has 0 aliphatic heterocycles. The smallest absolute Gasteiger partial charge is 0.0276 e. The molecule has 0 bridgehead atoms. The van der Waals surface area contributed by atoms with Crippen LogP contribution in [0.5, 0.6) is 0 Å². The summed E-state index contributed by atoms with van der Waals surface area (Å²) < 4.78 is 0. The lowest BCUT2D eigenvalue weighted by molar-refractivity contribution is 0.827. The summed E-state index contributed by atoms with van der Waals surface area (Å²) in [5.74, 6) is 0. The van der Waals surface area contributed by atoms with Gasteiger partial charge in [-0.1, -0.05) is 85.1 Å². The summed E-state index contributed by atoms with van der Waals surface area (Å²) in [5.41, 5.74) is 2.79. The monoisotopic (exact) mass is 248 g/mol. The summed E-state index contributed by atoms with van der Waals surface area (Å²) >= 11 is 0. The molecule has 0 aromatic carbocycles. The van der Waals surface area contributed by atoms with Crippen LogP contribution in [0.25, 0.3) is 0 Å². The zero-order chi connectivity index (χ0) is 13.2. The topological polar surface area (TPSA) is 0 Å². The molecular weight excluding hydrogens is 228 g/mol. The average Bonchev–Trinajstić information content (AvgIpc) is 2.33. The Morgan fingerprint density at radius 1 is 0.474 bits per heavy atom. The highest BCUT2D eigenvalue weighted by Gasteiger charge is 1.96. The Bertz CT molecular complexity index is 466. The van der Waals surface area contributed by atoms with Crippen LogP contribution in [0.2, 0.25) is 0 Å². The van der Waals surface area contributed by atoms with E-state index in [4.69, 9.17) is 0 Å². The molecule has 0 saturated heterocycles. The van der Waals surface area contributed by atoms with E-state index in [1.54, 1.807) is 0 Å². The van der Waals surface area contributed by atoms with Gasteiger partial charge in [-0.2, -0.15) is 0 Å². The van der Waals surface area contributed by atoms with Gasteiger partial charge in [-0.15, -0.1) is 0 Å². The Balaban J connectivity index is 1.83. The van der Waals surface area contributed by atoms with E-state index in [1.165, 1.54) is 17.6 Å². The number of hydrogen-bond acceptors (Lipinski definition) is 0. The number of hydrogen-bond donors (Lipinski definition) is 0. The third-order valence-electron chi connectivity index (χ3n) is 3.06. The molecule has 96 valence electrons. The van der Waals surface area contributed by atoms with Gasteiger partial charge in [0.1, 0.15) is 0 Å². The van der Waals surface area contributed by atoms with Crippen molar-refractivity contribution in [3.05, 3.63) is 96.2 Å². The molecule has 0 spiro atoms. The predicted molar refractivity (Wildman–Crippen MR) is 84.9 cm³/mol. The maximum atomic E-state index is 2.20. The molecule has 0 fully saturated rings. The third kappa shape index (κ3) is 5.39. The maximum absolute atomic E-state index is 2.20. The summed E-state index contributed by atoms with van der Waals surface area (Å²) in [6, 6.07) is 0. The van der Waals surface area contributed by atoms with Crippen LogP contribution >= 0.6 is 0 Å². The minimum absolute atomic E-state index is 1.12. The summed E-state index contributed by atoms with van der Waals surface area (Å²) in [7, 11) is 0. The zero-order valence-corrected chi connectivity index (χ0v) is 11.2. The largest absolute Gasteiger partial charge is 0.0623 e. The molecule has 0 amide bonds. The van der Waals surface area contributed by atoms with E-state index >= 15 is 0 Å². The summed E-state index contributed by atoms with van der Waals surface area (Å²) in [5, 5.41) is 0. The molecule has 2 aliphatic carbocycles. The zero-order valence-electron chi connectivity index (χ0n) is 11.2. The molecule has 0 N–H and O–H groups in total. The highest BCUT2D eigenvalue weighted by Crippen LogP contribution is 2.16. The first-order valence-electron chi connectivity index (χ1n) is 6.86. The van der Waals surface area contributed by atoms with Crippen molar-refractivity contribution < 1.29 is 0 Å². The Morgan fingerprint density at radius 3 is 1.42 bits per heavy atom. The van der Waals surface area contributed by atoms with Crippen LogP contribution in [0.3, 0.4) is 0 Å². The molecular formula is C19H20. The van der Waals surface area contributed by atoms with Crippen LogP contribution < -0.4 is 0 Å². The molecule has 0 nitrogen and oxygen atoms in total. The summed E-state index contributed by atoms with van der Waals surface area (Å²) in [4.78, 5) is 0. The second kappa shape index (κ2) is 8.10. The third-order valence-corrected chi connectivity index (χ3v) is 3.06. The van der Waals surface area contributed by atoms with E-state index in [0.29, 0.717) is 0 Å². The molecule has 0 saturated carbocycles. The molecule has 19 heavy (non-hydrogen) atoms. The quantitative estimate of drug-likeness (QED) is 0.627.